The van der Waals surface area contributed by atoms with Gasteiger partial charge in [-0.2, -0.15) is 0 Å². The van der Waals surface area contributed by atoms with Gasteiger partial charge in [0, 0.05) is 18.7 Å². The molecule has 0 saturated heterocycles. The van der Waals surface area contributed by atoms with Crippen LogP contribution >= 0.6 is 0 Å². The molecule has 1 heterocycles. The van der Waals surface area contributed by atoms with Gasteiger partial charge in [0.2, 0.25) is 0 Å². The second-order valence-corrected chi connectivity index (χ2v) is 7.60. The number of para-hydroxylation sites is 2. The van der Waals surface area contributed by atoms with Gasteiger partial charge in [-0.1, -0.05) is 32.9 Å². The lowest BCUT2D eigenvalue weighted by molar-refractivity contribution is 0.0715. The molecule has 3 aromatic rings. The highest BCUT2D eigenvalue weighted by Crippen LogP contribution is 2.22. The van der Waals surface area contributed by atoms with E-state index < -0.39 is 5.82 Å². The first-order valence-electron chi connectivity index (χ1n) is 10.0. The molecular formula is C23H28FN3O2. The Bertz CT molecular complexity index is 997. The van der Waals surface area contributed by atoms with Gasteiger partial charge in [-0.15, -0.1) is 0 Å². The third-order valence-electron chi connectivity index (χ3n) is 4.78. The van der Waals surface area contributed by atoms with Crippen LogP contribution in [-0.2, 0) is 13.1 Å². The molecule has 0 bridgehead atoms. The monoisotopic (exact) mass is 397 g/mol. The van der Waals surface area contributed by atoms with Crippen molar-refractivity contribution in [3.05, 3.63) is 59.7 Å². The molecule has 154 valence electrons. The zero-order valence-corrected chi connectivity index (χ0v) is 17.5. The van der Waals surface area contributed by atoms with Crippen LogP contribution in [0, 0.1) is 11.7 Å². The molecule has 0 unspecified atom stereocenters. The molecule has 0 fully saturated rings. The first-order valence-corrected chi connectivity index (χ1v) is 10.0. The number of ether oxygens (including phenoxy) is 1. The van der Waals surface area contributed by atoms with Crippen molar-refractivity contribution in [1.29, 1.82) is 0 Å². The number of methoxy groups -OCH3 is 1. The van der Waals surface area contributed by atoms with Gasteiger partial charge in [0.05, 0.1) is 24.7 Å². The van der Waals surface area contributed by atoms with E-state index in [1.54, 1.807) is 11.0 Å². The Morgan fingerprint density at radius 2 is 2.00 bits per heavy atom. The maximum absolute atomic E-state index is 14.2. The van der Waals surface area contributed by atoms with Gasteiger partial charge in [0.1, 0.15) is 5.82 Å². The van der Waals surface area contributed by atoms with Crippen LogP contribution in [0.25, 0.3) is 11.0 Å². The number of halogens is 1. The second kappa shape index (κ2) is 9.07. The van der Waals surface area contributed by atoms with Crippen LogP contribution in [-0.4, -0.2) is 34.0 Å². The van der Waals surface area contributed by atoms with Crippen molar-refractivity contribution >= 4 is 16.9 Å². The van der Waals surface area contributed by atoms with Crippen LogP contribution in [0.4, 0.5) is 4.39 Å². The summed E-state index contributed by atoms with van der Waals surface area (Å²) in [6, 6.07) is 12.3. The summed E-state index contributed by atoms with van der Waals surface area (Å²) in [5.74, 6) is 0.486. The van der Waals surface area contributed by atoms with Crippen LogP contribution < -0.4 is 4.74 Å². The summed E-state index contributed by atoms with van der Waals surface area (Å²) in [5.41, 5.74) is 2.29. The zero-order valence-electron chi connectivity index (χ0n) is 17.5. The van der Waals surface area contributed by atoms with E-state index in [0.717, 1.165) is 29.8 Å². The molecule has 5 nitrogen and oxygen atoms in total. The molecule has 0 saturated carbocycles. The fraction of sp³-hybridized carbons (Fsp3) is 0.391. The number of aromatic nitrogens is 2. The average molecular weight is 397 g/mol. The van der Waals surface area contributed by atoms with Gasteiger partial charge < -0.3 is 14.2 Å². The Morgan fingerprint density at radius 3 is 2.66 bits per heavy atom. The molecule has 0 radical (unpaired) electrons. The fourth-order valence-corrected chi connectivity index (χ4v) is 3.53. The van der Waals surface area contributed by atoms with E-state index in [9.17, 15) is 9.18 Å². The summed E-state index contributed by atoms with van der Waals surface area (Å²) in [4.78, 5) is 19.7. The molecular weight excluding hydrogens is 369 g/mol. The van der Waals surface area contributed by atoms with E-state index in [-0.39, 0.29) is 17.6 Å². The number of aryl methyl sites for hydroxylation is 1. The number of carbonyl (C=O) groups is 1. The summed E-state index contributed by atoms with van der Waals surface area (Å²) in [6.07, 6.45) is 0.967. The van der Waals surface area contributed by atoms with Gasteiger partial charge >= 0.3 is 0 Å². The van der Waals surface area contributed by atoms with Crippen LogP contribution in [0.2, 0.25) is 0 Å². The SMILES string of the molecule is CCCn1c(CN(CC(C)C)C(=O)c2ccc(OC)c(F)c2)nc2ccccc21. The number of benzene rings is 2. The minimum absolute atomic E-state index is 0.127. The molecule has 3 rings (SSSR count). The Morgan fingerprint density at radius 1 is 1.24 bits per heavy atom. The van der Waals surface area contributed by atoms with Gasteiger partial charge in [0.15, 0.2) is 11.6 Å². The van der Waals surface area contributed by atoms with E-state index in [1.807, 2.05) is 18.2 Å². The highest BCUT2D eigenvalue weighted by Gasteiger charge is 2.22. The van der Waals surface area contributed by atoms with Crippen LogP contribution in [0.3, 0.4) is 0 Å². The van der Waals surface area contributed by atoms with Crippen molar-refractivity contribution in [1.82, 2.24) is 14.5 Å². The number of rotatable bonds is 8. The molecule has 2 aromatic carbocycles. The van der Waals surface area contributed by atoms with Crippen molar-refractivity contribution in [3.63, 3.8) is 0 Å². The van der Waals surface area contributed by atoms with Crippen molar-refractivity contribution in [2.75, 3.05) is 13.7 Å². The highest BCUT2D eigenvalue weighted by atomic mass is 19.1. The third kappa shape index (κ3) is 4.58. The molecule has 0 spiro atoms. The standard InChI is InChI=1S/C23H28FN3O2/c1-5-12-27-20-9-7-6-8-19(20)25-22(27)15-26(14-16(2)3)23(28)17-10-11-21(29-4)18(24)13-17/h6-11,13,16H,5,12,14-15H2,1-4H3. The third-order valence-corrected chi connectivity index (χ3v) is 4.78. The van der Waals surface area contributed by atoms with E-state index in [4.69, 9.17) is 9.72 Å². The summed E-state index contributed by atoms with van der Waals surface area (Å²) < 4.78 is 21.3. The van der Waals surface area contributed by atoms with Gasteiger partial charge in [-0.25, -0.2) is 9.37 Å². The normalized spacial score (nSPS) is 11.2. The van der Waals surface area contributed by atoms with Crippen LogP contribution in [0.5, 0.6) is 5.75 Å². The molecule has 6 heteroatoms. The Balaban J connectivity index is 1.95. The van der Waals surface area contributed by atoms with Crippen LogP contribution in [0.15, 0.2) is 42.5 Å². The molecule has 1 aromatic heterocycles. The number of hydrogen-bond donors (Lipinski definition) is 0. The fourth-order valence-electron chi connectivity index (χ4n) is 3.53. The summed E-state index contributed by atoms with van der Waals surface area (Å²) in [5, 5.41) is 0. The number of amides is 1. The topological polar surface area (TPSA) is 47.4 Å². The Hall–Kier alpha value is -2.89. The number of carbonyl (C=O) groups excluding carboxylic acids is 1. The molecule has 0 aliphatic rings. The molecule has 0 atom stereocenters. The smallest absolute Gasteiger partial charge is 0.254 e. The van der Waals surface area contributed by atoms with Crippen molar-refractivity contribution in [2.45, 2.75) is 40.3 Å². The minimum Gasteiger partial charge on any atom is -0.494 e. The summed E-state index contributed by atoms with van der Waals surface area (Å²) in [7, 11) is 1.41. The lowest BCUT2D eigenvalue weighted by Crippen LogP contribution is -2.34. The maximum atomic E-state index is 14.2. The Kier molecular flexibility index (Phi) is 6.52. The average Bonchev–Trinajstić information content (AvgIpc) is 3.04. The lowest BCUT2D eigenvalue weighted by atomic mass is 10.1. The first kappa shape index (κ1) is 20.8. The van der Waals surface area contributed by atoms with Gasteiger partial charge in [0.25, 0.3) is 5.91 Å². The van der Waals surface area contributed by atoms with Gasteiger partial charge in [-0.3, -0.25) is 4.79 Å². The Labute approximate surface area is 171 Å². The predicted octanol–water partition coefficient (Wildman–Crippen LogP) is 4.89. The molecule has 29 heavy (non-hydrogen) atoms. The van der Waals surface area contributed by atoms with Crippen LogP contribution in [0.1, 0.15) is 43.4 Å². The first-order chi connectivity index (χ1) is 13.9. The number of imidazole rings is 1. The maximum Gasteiger partial charge on any atom is 0.254 e. The zero-order chi connectivity index (χ0) is 21.0. The van der Waals surface area contributed by atoms with Crippen molar-refractivity contribution in [2.24, 2.45) is 5.92 Å². The predicted molar refractivity (Wildman–Crippen MR) is 113 cm³/mol. The number of hydrogen-bond acceptors (Lipinski definition) is 3. The van der Waals surface area contributed by atoms with E-state index in [0.29, 0.717) is 18.7 Å². The quantitative estimate of drug-likeness (QED) is 0.544. The highest BCUT2D eigenvalue weighted by molar-refractivity contribution is 5.94. The van der Waals surface area contributed by atoms with E-state index in [1.165, 1.54) is 19.2 Å². The van der Waals surface area contributed by atoms with Crippen molar-refractivity contribution < 1.29 is 13.9 Å². The molecule has 0 aliphatic carbocycles. The molecule has 0 aliphatic heterocycles. The minimum atomic E-state index is -0.541. The van der Waals surface area contributed by atoms with Crippen molar-refractivity contribution in [3.8, 4) is 5.75 Å². The molecule has 1 amide bonds. The largest absolute Gasteiger partial charge is 0.494 e. The summed E-state index contributed by atoms with van der Waals surface area (Å²) >= 11 is 0. The van der Waals surface area contributed by atoms with Gasteiger partial charge in [-0.05, 0) is 42.7 Å². The number of fused-ring (bicyclic) bond motifs is 1. The summed E-state index contributed by atoms with van der Waals surface area (Å²) in [6.45, 7) is 8.00. The number of nitrogens with zero attached hydrogens (tertiary/aromatic N) is 3. The van der Waals surface area contributed by atoms with E-state index >= 15 is 0 Å². The van der Waals surface area contributed by atoms with E-state index in [2.05, 4.69) is 31.4 Å². The molecule has 0 N–H and O–H groups in total. The second-order valence-electron chi connectivity index (χ2n) is 7.60. The lowest BCUT2D eigenvalue weighted by Gasteiger charge is -2.25.